The first-order chi connectivity index (χ1) is 13.3. The number of methoxy groups -OCH3 is 1. The summed E-state index contributed by atoms with van der Waals surface area (Å²) in [5.41, 5.74) is 2.91. The summed E-state index contributed by atoms with van der Waals surface area (Å²) in [6, 6.07) is 7.95. The molecular formula is C22H27N3O2. The predicted octanol–water partition coefficient (Wildman–Crippen LogP) is 4.05. The van der Waals surface area contributed by atoms with Gasteiger partial charge in [-0.25, -0.2) is 0 Å². The molecule has 27 heavy (non-hydrogen) atoms. The number of aromatic nitrogens is 2. The summed E-state index contributed by atoms with van der Waals surface area (Å²) >= 11 is 0. The lowest BCUT2D eigenvalue weighted by atomic mass is 9.90. The molecule has 0 radical (unpaired) electrons. The van der Waals surface area contributed by atoms with Crippen molar-refractivity contribution in [3.05, 3.63) is 42.4 Å². The highest BCUT2D eigenvalue weighted by Crippen LogP contribution is 2.34. The lowest BCUT2D eigenvalue weighted by Gasteiger charge is -2.34. The van der Waals surface area contributed by atoms with Crippen LogP contribution in [0.4, 0.5) is 0 Å². The van der Waals surface area contributed by atoms with Gasteiger partial charge in [-0.1, -0.05) is 25.0 Å². The molecule has 0 spiro atoms. The SMILES string of the molecule is COc1cccc(-c2nccnc2[C@@H]2CCCN(C(=O)C3CCCC3)C2)c1. The third-order valence-corrected chi connectivity index (χ3v) is 5.89. The van der Waals surface area contributed by atoms with Crippen LogP contribution in [0.25, 0.3) is 11.3 Å². The van der Waals surface area contributed by atoms with Crippen LogP contribution < -0.4 is 4.74 Å². The maximum absolute atomic E-state index is 12.9. The second kappa shape index (κ2) is 8.07. The minimum atomic E-state index is 0.235. The minimum absolute atomic E-state index is 0.235. The van der Waals surface area contributed by atoms with Crippen LogP contribution in [0.3, 0.4) is 0 Å². The third kappa shape index (κ3) is 3.82. The minimum Gasteiger partial charge on any atom is -0.497 e. The molecule has 1 atom stereocenters. The zero-order chi connectivity index (χ0) is 18.6. The number of benzene rings is 1. The highest BCUT2D eigenvalue weighted by molar-refractivity contribution is 5.79. The van der Waals surface area contributed by atoms with Crippen LogP contribution >= 0.6 is 0 Å². The standard InChI is InChI=1S/C22H27N3O2/c1-27-19-10-4-8-17(14-19)20-21(24-12-11-23-20)18-9-5-13-25(15-18)22(26)16-6-2-3-7-16/h4,8,10-12,14,16,18H,2-3,5-7,9,13,15H2,1H3/t18-/m1/s1. The number of carbonyl (C=O) groups is 1. The van der Waals surface area contributed by atoms with Gasteiger partial charge in [-0.2, -0.15) is 0 Å². The van der Waals surface area contributed by atoms with E-state index in [9.17, 15) is 4.79 Å². The summed E-state index contributed by atoms with van der Waals surface area (Å²) in [6.07, 6.45) is 10.1. The van der Waals surface area contributed by atoms with Crippen LogP contribution in [-0.4, -0.2) is 41.0 Å². The van der Waals surface area contributed by atoms with Gasteiger partial charge < -0.3 is 9.64 Å². The largest absolute Gasteiger partial charge is 0.497 e. The van der Waals surface area contributed by atoms with Gasteiger partial charge in [0.25, 0.3) is 0 Å². The van der Waals surface area contributed by atoms with E-state index in [0.717, 1.165) is 61.5 Å². The maximum Gasteiger partial charge on any atom is 0.225 e. The van der Waals surface area contributed by atoms with Crippen LogP contribution in [0.15, 0.2) is 36.7 Å². The number of piperidine rings is 1. The second-order valence-corrected chi connectivity index (χ2v) is 7.63. The number of likely N-dealkylation sites (tertiary alicyclic amines) is 1. The Bertz CT molecular complexity index is 802. The van der Waals surface area contributed by atoms with E-state index in [0.29, 0.717) is 5.91 Å². The molecule has 0 N–H and O–H groups in total. The van der Waals surface area contributed by atoms with Gasteiger partial charge in [0.15, 0.2) is 0 Å². The number of ether oxygens (including phenoxy) is 1. The number of nitrogens with zero attached hydrogens (tertiary/aromatic N) is 3. The van der Waals surface area contributed by atoms with E-state index in [-0.39, 0.29) is 11.8 Å². The molecule has 1 aromatic heterocycles. The lowest BCUT2D eigenvalue weighted by Crippen LogP contribution is -2.42. The quantitative estimate of drug-likeness (QED) is 0.820. The lowest BCUT2D eigenvalue weighted by molar-refractivity contribution is -0.136. The average Bonchev–Trinajstić information content (AvgIpc) is 3.28. The number of hydrogen-bond donors (Lipinski definition) is 0. The van der Waals surface area contributed by atoms with Gasteiger partial charge in [-0.05, 0) is 37.8 Å². The van der Waals surface area contributed by atoms with Crippen molar-refractivity contribution in [2.24, 2.45) is 5.92 Å². The van der Waals surface area contributed by atoms with Crippen molar-refractivity contribution < 1.29 is 9.53 Å². The fraction of sp³-hybridized carbons (Fsp3) is 0.500. The maximum atomic E-state index is 12.9. The van der Waals surface area contributed by atoms with Gasteiger partial charge in [-0.15, -0.1) is 0 Å². The molecule has 4 rings (SSSR count). The van der Waals surface area contributed by atoms with Crippen molar-refractivity contribution in [1.82, 2.24) is 14.9 Å². The molecule has 0 bridgehead atoms. The van der Waals surface area contributed by atoms with Crippen molar-refractivity contribution in [3.63, 3.8) is 0 Å². The Morgan fingerprint density at radius 1 is 1.11 bits per heavy atom. The Balaban J connectivity index is 1.58. The van der Waals surface area contributed by atoms with E-state index < -0.39 is 0 Å². The summed E-state index contributed by atoms with van der Waals surface area (Å²) < 4.78 is 5.37. The van der Waals surface area contributed by atoms with Crippen molar-refractivity contribution in [2.75, 3.05) is 20.2 Å². The molecule has 5 heteroatoms. The molecule has 1 amide bonds. The zero-order valence-corrected chi connectivity index (χ0v) is 15.9. The molecule has 1 saturated carbocycles. The van der Waals surface area contributed by atoms with E-state index in [1.165, 1.54) is 12.8 Å². The molecule has 2 fully saturated rings. The fourth-order valence-electron chi connectivity index (χ4n) is 4.47. The van der Waals surface area contributed by atoms with Gasteiger partial charge in [0.2, 0.25) is 5.91 Å². The van der Waals surface area contributed by atoms with E-state index in [1.807, 2.05) is 24.3 Å². The molecule has 5 nitrogen and oxygen atoms in total. The van der Waals surface area contributed by atoms with E-state index in [2.05, 4.69) is 14.9 Å². The molecule has 142 valence electrons. The first-order valence-electron chi connectivity index (χ1n) is 10.0. The Morgan fingerprint density at radius 2 is 1.93 bits per heavy atom. The van der Waals surface area contributed by atoms with E-state index >= 15 is 0 Å². The monoisotopic (exact) mass is 365 g/mol. The van der Waals surface area contributed by atoms with Gasteiger partial charge >= 0.3 is 0 Å². The molecule has 2 aliphatic rings. The number of amides is 1. The van der Waals surface area contributed by atoms with Crippen LogP contribution in [0, 0.1) is 5.92 Å². The van der Waals surface area contributed by atoms with Gasteiger partial charge in [0, 0.05) is 42.9 Å². The van der Waals surface area contributed by atoms with E-state index in [1.54, 1.807) is 19.5 Å². The Morgan fingerprint density at radius 3 is 2.74 bits per heavy atom. The van der Waals surface area contributed by atoms with Crippen LogP contribution in [0.1, 0.15) is 50.1 Å². The zero-order valence-electron chi connectivity index (χ0n) is 15.9. The summed E-state index contributed by atoms with van der Waals surface area (Å²) in [5.74, 6) is 1.64. The summed E-state index contributed by atoms with van der Waals surface area (Å²) in [5, 5.41) is 0. The highest BCUT2D eigenvalue weighted by Gasteiger charge is 2.32. The van der Waals surface area contributed by atoms with Crippen molar-refractivity contribution in [3.8, 4) is 17.0 Å². The molecule has 1 aliphatic heterocycles. The van der Waals surface area contributed by atoms with Crippen molar-refractivity contribution >= 4 is 5.91 Å². The number of carbonyl (C=O) groups excluding carboxylic acids is 1. The van der Waals surface area contributed by atoms with Gasteiger partial charge in [-0.3, -0.25) is 14.8 Å². The summed E-state index contributed by atoms with van der Waals surface area (Å²) in [4.78, 5) is 24.3. The second-order valence-electron chi connectivity index (χ2n) is 7.63. The third-order valence-electron chi connectivity index (χ3n) is 5.89. The van der Waals surface area contributed by atoms with E-state index in [4.69, 9.17) is 4.74 Å². The topological polar surface area (TPSA) is 55.3 Å². The van der Waals surface area contributed by atoms with Crippen LogP contribution in [0.5, 0.6) is 5.75 Å². The molecule has 1 aromatic carbocycles. The Hall–Kier alpha value is -2.43. The van der Waals surface area contributed by atoms with Gasteiger partial charge in [0.1, 0.15) is 5.75 Å². The fourth-order valence-corrected chi connectivity index (χ4v) is 4.47. The highest BCUT2D eigenvalue weighted by atomic mass is 16.5. The molecule has 1 aliphatic carbocycles. The normalized spacial score (nSPS) is 20.6. The Kier molecular flexibility index (Phi) is 5.37. The molecular weight excluding hydrogens is 338 g/mol. The molecule has 2 aromatic rings. The average molecular weight is 365 g/mol. The van der Waals surface area contributed by atoms with Crippen LogP contribution in [0.2, 0.25) is 0 Å². The van der Waals surface area contributed by atoms with Crippen molar-refractivity contribution in [2.45, 2.75) is 44.4 Å². The van der Waals surface area contributed by atoms with Crippen LogP contribution in [-0.2, 0) is 4.79 Å². The predicted molar refractivity (Wildman–Crippen MR) is 105 cm³/mol. The van der Waals surface area contributed by atoms with Crippen molar-refractivity contribution in [1.29, 1.82) is 0 Å². The number of rotatable bonds is 4. The molecule has 2 heterocycles. The summed E-state index contributed by atoms with van der Waals surface area (Å²) in [7, 11) is 1.67. The number of hydrogen-bond acceptors (Lipinski definition) is 4. The Labute approximate surface area is 160 Å². The first kappa shape index (κ1) is 18.0. The van der Waals surface area contributed by atoms with Gasteiger partial charge in [0.05, 0.1) is 18.5 Å². The summed E-state index contributed by atoms with van der Waals surface area (Å²) in [6.45, 7) is 1.63. The smallest absolute Gasteiger partial charge is 0.225 e. The molecule has 0 unspecified atom stereocenters. The molecule has 1 saturated heterocycles. The first-order valence-corrected chi connectivity index (χ1v) is 10.0.